The molecule has 0 aliphatic heterocycles. The SMILES string of the molecule is CCCOc1ccc(OCCSc2nc3ccccc3n2CC(=O)O)cc1. The quantitative estimate of drug-likeness (QED) is 0.418. The van der Waals surface area contributed by atoms with Crippen LogP contribution in [0.2, 0.25) is 0 Å². The maximum atomic E-state index is 11.2. The second-order valence-corrected chi connectivity index (χ2v) is 6.94. The van der Waals surface area contributed by atoms with Gasteiger partial charge < -0.3 is 19.1 Å². The van der Waals surface area contributed by atoms with E-state index in [0.717, 1.165) is 29.0 Å². The van der Waals surface area contributed by atoms with E-state index in [1.807, 2.05) is 48.5 Å². The highest BCUT2D eigenvalue weighted by molar-refractivity contribution is 7.99. The molecule has 0 aliphatic rings. The molecule has 0 amide bonds. The van der Waals surface area contributed by atoms with Crippen molar-refractivity contribution in [2.24, 2.45) is 0 Å². The Labute approximate surface area is 162 Å². The molecule has 6 nitrogen and oxygen atoms in total. The fourth-order valence-electron chi connectivity index (χ4n) is 2.60. The van der Waals surface area contributed by atoms with Gasteiger partial charge in [0.2, 0.25) is 0 Å². The summed E-state index contributed by atoms with van der Waals surface area (Å²) in [5.74, 6) is 1.39. The summed E-state index contributed by atoms with van der Waals surface area (Å²) >= 11 is 1.49. The van der Waals surface area contributed by atoms with E-state index in [2.05, 4.69) is 11.9 Å². The standard InChI is InChI=1S/C20H22N2O4S/c1-2-11-25-15-7-9-16(10-8-15)26-12-13-27-20-21-17-5-3-4-6-18(17)22(20)14-19(23)24/h3-10H,2,11-14H2,1H3,(H,23,24). The number of fused-ring (bicyclic) bond motifs is 1. The Morgan fingerprint density at radius 1 is 1.07 bits per heavy atom. The van der Waals surface area contributed by atoms with Gasteiger partial charge in [-0.2, -0.15) is 0 Å². The molecule has 2 aromatic carbocycles. The van der Waals surface area contributed by atoms with Crippen LogP contribution in [0.1, 0.15) is 13.3 Å². The van der Waals surface area contributed by atoms with Crippen molar-refractivity contribution >= 4 is 28.8 Å². The van der Waals surface area contributed by atoms with Crippen LogP contribution in [0.25, 0.3) is 11.0 Å². The van der Waals surface area contributed by atoms with E-state index in [4.69, 9.17) is 9.47 Å². The lowest BCUT2D eigenvalue weighted by atomic mass is 10.3. The predicted octanol–water partition coefficient (Wildman–Crippen LogP) is 4.08. The monoisotopic (exact) mass is 386 g/mol. The van der Waals surface area contributed by atoms with Crippen molar-refractivity contribution in [1.29, 1.82) is 0 Å². The van der Waals surface area contributed by atoms with Gasteiger partial charge in [-0.15, -0.1) is 0 Å². The van der Waals surface area contributed by atoms with E-state index < -0.39 is 5.97 Å². The minimum atomic E-state index is -0.887. The fourth-order valence-corrected chi connectivity index (χ4v) is 3.43. The molecular formula is C20H22N2O4S. The number of aliphatic carboxylic acids is 1. The molecule has 1 aromatic heterocycles. The van der Waals surface area contributed by atoms with E-state index >= 15 is 0 Å². The normalized spacial score (nSPS) is 10.9. The summed E-state index contributed by atoms with van der Waals surface area (Å²) < 4.78 is 13.0. The van der Waals surface area contributed by atoms with Crippen LogP contribution in [0.4, 0.5) is 0 Å². The molecule has 0 aliphatic carbocycles. The Kier molecular flexibility index (Phi) is 6.59. The molecule has 3 rings (SSSR count). The average Bonchev–Trinajstić information content (AvgIpc) is 3.01. The number of thioether (sulfide) groups is 1. The number of carbonyl (C=O) groups is 1. The third-order valence-electron chi connectivity index (χ3n) is 3.79. The summed E-state index contributed by atoms with van der Waals surface area (Å²) in [7, 11) is 0. The Morgan fingerprint density at radius 3 is 2.41 bits per heavy atom. The number of rotatable bonds is 10. The molecular weight excluding hydrogens is 364 g/mol. The predicted molar refractivity (Wildman–Crippen MR) is 106 cm³/mol. The Hall–Kier alpha value is -2.67. The van der Waals surface area contributed by atoms with Gasteiger partial charge in [-0.25, -0.2) is 4.98 Å². The fraction of sp³-hybridized carbons (Fsp3) is 0.300. The number of para-hydroxylation sites is 2. The zero-order chi connectivity index (χ0) is 19.1. The molecule has 27 heavy (non-hydrogen) atoms. The molecule has 0 bridgehead atoms. The van der Waals surface area contributed by atoms with Crippen LogP contribution >= 0.6 is 11.8 Å². The lowest BCUT2D eigenvalue weighted by molar-refractivity contribution is -0.137. The molecule has 0 spiro atoms. The number of carboxylic acid groups (broad SMARTS) is 1. The number of benzene rings is 2. The molecule has 0 saturated heterocycles. The number of ether oxygens (including phenoxy) is 2. The third-order valence-corrected chi connectivity index (χ3v) is 4.73. The van der Waals surface area contributed by atoms with E-state index in [1.54, 1.807) is 4.57 Å². The lowest BCUT2D eigenvalue weighted by Crippen LogP contribution is -2.10. The average molecular weight is 386 g/mol. The highest BCUT2D eigenvalue weighted by atomic mass is 32.2. The van der Waals surface area contributed by atoms with Crippen molar-refractivity contribution in [2.75, 3.05) is 19.0 Å². The molecule has 0 unspecified atom stereocenters. The van der Waals surface area contributed by atoms with E-state index in [0.29, 0.717) is 24.1 Å². The topological polar surface area (TPSA) is 73.6 Å². The van der Waals surface area contributed by atoms with Crippen molar-refractivity contribution < 1.29 is 19.4 Å². The summed E-state index contributed by atoms with van der Waals surface area (Å²) in [4.78, 5) is 15.7. The molecule has 0 radical (unpaired) electrons. The maximum absolute atomic E-state index is 11.2. The van der Waals surface area contributed by atoms with Gasteiger partial charge in [-0.3, -0.25) is 4.79 Å². The van der Waals surface area contributed by atoms with Crippen molar-refractivity contribution in [1.82, 2.24) is 9.55 Å². The number of carboxylic acids is 1. The van der Waals surface area contributed by atoms with Crippen LogP contribution < -0.4 is 9.47 Å². The first kappa shape index (κ1) is 19.1. The number of hydrogen-bond donors (Lipinski definition) is 1. The zero-order valence-corrected chi connectivity index (χ0v) is 15.9. The smallest absolute Gasteiger partial charge is 0.323 e. The first-order valence-corrected chi connectivity index (χ1v) is 9.81. The van der Waals surface area contributed by atoms with E-state index in [-0.39, 0.29) is 6.54 Å². The van der Waals surface area contributed by atoms with Gasteiger partial charge in [0.25, 0.3) is 0 Å². The maximum Gasteiger partial charge on any atom is 0.323 e. The van der Waals surface area contributed by atoms with Gasteiger partial charge in [0, 0.05) is 5.75 Å². The van der Waals surface area contributed by atoms with Gasteiger partial charge >= 0.3 is 5.97 Å². The van der Waals surface area contributed by atoms with Crippen LogP contribution in [0, 0.1) is 0 Å². The highest BCUT2D eigenvalue weighted by Gasteiger charge is 2.13. The first-order valence-electron chi connectivity index (χ1n) is 8.83. The second kappa shape index (κ2) is 9.32. The van der Waals surface area contributed by atoms with Crippen LogP contribution in [-0.2, 0) is 11.3 Å². The summed E-state index contributed by atoms with van der Waals surface area (Å²) in [5, 5.41) is 9.86. The first-order chi connectivity index (χ1) is 13.2. The Bertz CT molecular complexity index is 893. The van der Waals surface area contributed by atoms with Crippen molar-refractivity contribution in [3.63, 3.8) is 0 Å². The van der Waals surface area contributed by atoms with Crippen molar-refractivity contribution in [2.45, 2.75) is 25.0 Å². The van der Waals surface area contributed by atoms with Gasteiger partial charge in [0.15, 0.2) is 5.16 Å². The minimum Gasteiger partial charge on any atom is -0.494 e. The van der Waals surface area contributed by atoms with Gasteiger partial charge in [0.1, 0.15) is 18.0 Å². The van der Waals surface area contributed by atoms with Gasteiger partial charge in [0.05, 0.1) is 24.2 Å². The van der Waals surface area contributed by atoms with Crippen LogP contribution in [0.5, 0.6) is 11.5 Å². The largest absolute Gasteiger partial charge is 0.494 e. The molecule has 1 N–H and O–H groups in total. The van der Waals surface area contributed by atoms with Crippen LogP contribution in [-0.4, -0.2) is 39.6 Å². The number of imidazole rings is 1. The highest BCUT2D eigenvalue weighted by Crippen LogP contribution is 2.24. The summed E-state index contributed by atoms with van der Waals surface area (Å²) in [6.07, 6.45) is 0.974. The van der Waals surface area contributed by atoms with Crippen LogP contribution in [0.15, 0.2) is 53.7 Å². The van der Waals surface area contributed by atoms with Crippen molar-refractivity contribution in [3.05, 3.63) is 48.5 Å². The Morgan fingerprint density at radius 2 is 1.74 bits per heavy atom. The van der Waals surface area contributed by atoms with Crippen LogP contribution in [0.3, 0.4) is 0 Å². The number of nitrogens with zero attached hydrogens (tertiary/aromatic N) is 2. The summed E-state index contributed by atoms with van der Waals surface area (Å²) in [6.45, 7) is 3.16. The van der Waals surface area contributed by atoms with Gasteiger partial charge in [-0.1, -0.05) is 30.8 Å². The minimum absolute atomic E-state index is 0.108. The molecule has 0 saturated carbocycles. The number of hydrogen-bond acceptors (Lipinski definition) is 5. The van der Waals surface area contributed by atoms with E-state index in [1.165, 1.54) is 11.8 Å². The second-order valence-electron chi connectivity index (χ2n) is 5.88. The number of aromatic nitrogens is 2. The third kappa shape index (κ3) is 5.17. The molecule has 1 heterocycles. The molecule has 0 atom stereocenters. The molecule has 7 heteroatoms. The molecule has 142 valence electrons. The van der Waals surface area contributed by atoms with Crippen molar-refractivity contribution in [3.8, 4) is 11.5 Å². The zero-order valence-electron chi connectivity index (χ0n) is 15.1. The summed E-state index contributed by atoms with van der Waals surface area (Å²) in [6, 6.07) is 15.1. The molecule has 3 aromatic rings. The van der Waals surface area contributed by atoms with Gasteiger partial charge in [-0.05, 0) is 42.8 Å². The Balaban J connectivity index is 1.56. The lowest BCUT2D eigenvalue weighted by Gasteiger charge is -2.09. The van der Waals surface area contributed by atoms with E-state index in [9.17, 15) is 9.90 Å². The summed E-state index contributed by atoms with van der Waals surface area (Å²) in [5.41, 5.74) is 1.62. The molecule has 0 fully saturated rings.